The van der Waals surface area contributed by atoms with Gasteiger partial charge in [0.2, 0.25) is 5.91 Å². The van der Waals surface area contributed by atoms with Crippen LogP contribution in [0.2, 0.25) is 0 Å². The van der Waals surface area contributed by atoms with Gasteiger partial charge in [0.1, 0.15) is 22.8 Å². The molecule has 33 heavy (non-hydrogen) atoms. The lowest BCUT2D eigenvalue weighted by Gasteiger charge is -2.12. The zero-order chi connectivity index (χ0) is 23.4. The second-order valence-corrected chi connectivity index (χ2v) is 7.45. The Morgan fingerprint density at radius 3 is 2.36 bits per heavy atom. The van der Waals surface area contributed by atoms with Gasteiger partial charge in [0.25, 0.3) is 0 Å². The predicted octanol–water partition coefficient (Wildman–Crippen LogP) is 6.17. The molecular formula is C27H25NO5. The summed E-state index contributed by atoms with van der Waals surface area (Å²) in [5.41, 5.74) is 4.86. The van der Waals surface area contributed by atoms with Crippen LogP contribution in [0.1, 0.15) is 12.5 Å². The maximum atomic E-state index is 12.8. The Hall–Kier alpha value is -4.19. The molecule has 0 atom stereocenters. The molecule has 0 spiro atoms. The number of methoxy groups -OCH3 is 3. The zero-order valence-corrected chi connectivity index (χ0v) is 19.0. The first-order chi connectivity index (χ1) is 16.0. The molecule has 168 valence electrons. The molecule has 1 aromatic heterocycles. The van der Waals surface area contributed by atoms with Crippen LogP contribution in [0.25, 0.3) is 27.7 Å². The molecule has 6 nitrogen and oxygen atoms in total. The molecule has 1 heterocycles. The van der Waals surface area contributed by atoms with E-state index in [0.29, 0.717) is 22.9 Å². The van der Waals surface area contributed by atoms with Crippen molar-refractivity contribution in [2.24, 2.45) is 0 Å². The maximum absolute atomic E-state index is 12.8. The van der Waals surface area contributed by atoms with Crippen LogP contribution in [0.4, 0.5) is 5.69 Å². The highest BCUT2D eigenvalue weighted by atomic mass is 16.5. The minimum Gasteiger partial charge on any atom is -0.497 e. The van der Waals surface area contributed by atoms with Crippen LogP contribution in [0, 0.1) is 0 Å². The van der Waals surface area contributed by atoms with E-state index in [4.69, 9.17) is 18.6 Å². The van der Waals surface area contributed by atoms with Gasteiger partial charge in [-0.05, 0) is 36.3 Å². The van der Waals surface area contributed by atoms with Crippen molar-refractivity contribution in [1.82, 2.24) is 0 Å². The number of carbonyl (C=O) groups is 1. The molecule has 0 radical (unpaired) electrons. The van der Waals surface area contributed by atoms with Gasteiger partial charge in [0.15, 0.2) is 0 Å². The number of allylic oxidation sites excluding steroid dienone is 1. The lowest BCUT2D eigenvalue weighted by atomic mass is 9.99. The normalized spacial score (nSPS) is 11.3. The standard InChI is InChI=1S/C27H25NO5/c1-17(12-27(29)28-23-11-10-19(30-2)13-26(23)32-4)20-14-21-22(18-8-6-5-7-9-18)16-33-25(21)15-24(20)31-3/h5-16H,1-4H3,(H,28,29)/b17-12+. The average Bonchev–Trinajstić information content (AvgIpc) is 3.26. The van der Waals surface area contributed by atoms with Crippen LogP contribution < -0.4 is 19.5 Å². The highest BCUT2D eigenvalue weighted by molar-refractivity contribution is 6.06. The number of hydrogen-bond acceptors (Lipinski definition) is 5. The van der Waals surface area contributed by atoms with E-state index in [2.05, 4.69) is 5.32 Å². The van der Waals surface area contributed by atoms with Crippen molar-refractivity contribution in [3.8, 4) is 28.4 Å². The number of benzene rings is 3. The molecule has 3 aromatic carbocycles. The first-order valence-electron chi connectivity index (χ1n) is 10.4. The largest absolute Gasteiger partial charge is 0.497 e. The Morgan fingerprint density at radius 1 is 0.909 bits per heavy atom. The second-order valence-electron chi connectivity index (χ2n) is 7.45. The van der Waals surface area contributed by atoms with Crippen molar-refractivity contribution in [2.75, 3.05) is 26.6 Å². The summed E-state index contributed by atoms with van der Waals surface area (Å²) in [6.45, 7) is 1.87. The first-order valence-corrected chi connectivity index (χ1v) is 10.4. The molecule has 0 bridgehead atoms. The Kier molecular flexibility index (Phi) is 6.36. The van der Waals surface area contributed by atoms with E-state index in [1.807, 2.05) is 49.4 Å². The van der Waals surface area contributed by atoms with E-state index >= 15 is 0 Å². The van der Waals surface area contributed by atoms with Crippen LogP contribution in [0.5, 0.6) is 17.2 Å². The minimum atomic E-state index is -0.284. The number of hydrogen-bond donors (Lipinski definition) is 1. The smallest absolute Gasteiger partial charge is 0.248 e. The van der Waals surface area contributed by atoms with Crippen molar-refractivity contribution in [3.05, 3.63) is 78.6 Å². The molecule has 6 heteroatoms. The second kappa shape index (κ2) is 9.53. The summed E-state index contributed by atoms with van der Waals surface area (Å²) in [4.78, 5) is 12.8. The Morgan fingerprint density at radius 2 is 1.67 bits per heavy atom. The van der Waals surface area contributed by atoms with E-state index in [9.17, 15) is 4.79 Å². The van der Waals surface area contributed by atoms with Gasteiger partial charge in [-0.3, -0.25) is 4.79 Å². The zero-order valence-electron chi connectivity index (χ0n) is 19.0. The summed E-state index contributed by atoms with van der Waals surface area (Å²) in [5.74, 6) is 1.50. The van der Waals surface area contributed by atoms with Gasteiger partial charge in [0.05, 0.1) is 33.3 Å². The monoisotopic (exact) mass is 443 g/mol. The van der Waals surface area contributed by atoms with Crippen molar-refractivity contribution < 1.29 is 23.4 Å². The minimum absolute atomic E-state index is 0.284. The van der Waals surface area contributed by atoms with Gasteiger partial charge in [-0.1, -0.05) is 30.3 Å². The molecule has 0 fully saturated rings. The number of fused-ring (bicyclic) bond motifs is 1. The van der Waals surface area contributed by atoms with Crippen LogP contribution in [0.3, 0.4) is 0 Å². The summed E-state index contributed by atoms with van der Waals surface area (Å²) in [6.07, 6.45) is 3.28. The quantitative estimate of drug-likeness (QED) is 0.346. The van der Waals surface area contributed by atoms with E-state index in [0.717, 1.165) is 33.2 Å². The molecule has 0 aliphatic rings. The van der Waals surface area contributed by atoms with E-state index in [1.165, 1.54) is 6.08 Å². The summed E-state index contributed by atoms with van der Waals surface area (Å²) < 4.78 is 21.9. The maximum Gasteiger partial charge on any atom is 0.248 e. The summed E-state index contributed by atoms with van der Waals surface area (Å²) in [6, 6.07) is 19.1. The third kappa shape index (κ3) is 4.55. The van der Waals surface area contributed by atoms with Gasteiger partial charge in [-0.2, -0.15) is 0 Å². The van der Waals surface area contributed by atoms with Gasteiger partial charge in [0, 0.05) is 34.7 Å². The molecule has 0 saturated carbocycles. The van der Waals surface area contributed by atoms with Crippen LogP contribution in [0.15, 0.2) is 77.4 Å². The first kappa shape index (κ1) is 22.0. The molecule has 1 N–H and O–H groups in total. The van der Waals surface area contributed by atoms with Crippen molar-refractivity contribution in [2.45, 2.75) is 6.92 Å². The third-order valence-corrected chi connectivity index (χ3v) is 5.42. The molecule has 0 unspecified atom stereocenters. The fraction of sp³-hybridized carbons (Fsp3) is 0.148. The number of carbonyl (C=O) groups excluding carboxylic acids is 1. The molecule has 4 aromatic rings. The molecular weight excluding hydrogens is 418 g/mol. The van der Waals surface area contributed by atoms with Gasteiger partial charge >= 0.3 is 0 Å². The highest BCUT2D eigenvalue weighted by Gasteiger charge is 2.15. The summed E-state index contributed by atoms with van der Waals surface area (Å²) in [5, 5.41) is 3.81. The lowest BCUT2D eigenvalue weighted by molar-refractivity contribution is -0.111. The Labute approximate surface area is 192 Å². The number of amides is 1. The fourth-order valence-electron chi connectivity index (χ4n) is 3.72. The molecule has 0 saturated heterocycles. The van der Waals surface area contributed by atoms with Gasteiger partial charge in [-0.25, -0.2) is 0 Å². The number of ether oxygens (including phenoxy) is 3. The number of anilines is 1. The van der Waals surface area contributed by atoms with Gasteiger partial charge < -0.3 is 23.9 Å². The van der Waals surface area contributed by atoms with Crippen LogP contribution in [-0.4, -0.2) is 27.2 Å². The third-order valence-electron chi connectivity index (χ3n) is 5.42. The van der Waals surface area contributed by atoms with Crippen molar-refractivity contribution in [3.63, 3.8) is 0 Å². The molecule has 0 aliphatic heterocycles. The molecule has 4 rings (SSSR count). The van der Waals surface area contributed by atoms with Gasteiger partial charge in [-0.15, -0.1) is 0 Å². The molecule has 1 amide bonds. The van der Waals surface area contributed by atoms with Crippen molar-refractivity contribution in [1.29, 1.82) is 0 Å². The van der Waals surface area contributed by atoms with Crippen LogP contribution >= 0.6 is 0 Å². The number of nitrogens with one attached hydrogen (secondary N) is 1. The number of rotatable bonds is 7. The van der Waals surface area contributed by atoms with Crippen LogP contribution in [-0.2, 0) is 4.79 Å². The highest BCUT2D eigenvalue weighted by Crippen LogP contribution is 2.37. The Bertz CT molecular complexity index is 1320. The fourth-order valence-corrected chi connectivity index (χ4v) is 3.72. The summed E-state index contributed by atoms with van der Waals surface area (Å²) >= 11 is 0. The predicted molar refractivity (Wildman–Crippen MR) is 130 cm³/mol. The van der Waals surface area contributed by atoms with E-state index in [1.54, 1.807) is 45.8 Å². The average molecular weight is 443 g/mol. The SMILES string of the molecule is COc1ccc(NC(=O)/C=C(\C)c2cc3c(-c4ccccc4)coc3cc2OC)c(OC)c1. The summed E-state index contributed by atoms with van der Waals surface area (Å²) in [7, 11) is 4.72. The van der Waals surface area contributed by atoms with Crippen molar-refractivity contribution >= 4 is 28.1 Å². The Balaban J connectivity index is 1.68. The molecule has 0 aliphatic carbocycles. The van der Waals surface area contributed by atoms with E-state index in [-0.39, 0.29) is 5.91 Å². The number of furan rings is 1. The van der Waals surface area contributed by atoms with E-state index < -0.39 is 0 Å². The lowest BCUT2D eigenvalue weighted by Crippen LogP contribution is -2.10. The topological polar surface area (TPSA) is 69.9 Å².